The predicted molar refractivity (Wildman–Crippen MR) is 227 cm³/mol. The van der Waals surface area contributed by atoms with Crippen LogP contribution in [0.4, 0.5) is 0 Å². The van der Waals surface area contributed by atoms with Crippen LogP contribution in [0.5, 0.6) is 11.6 Å². The maximum absolute atomic E-state index is 14.2. The number of thiophene rings is 1. The number of β-amino-alcohol motifs (C(OH)–C–C–N with tert-alkyl or cyclic N) is 1. The molecule has 6 aromatic rings. The second-order valence-electron chi connectivity index (χ2n) is 15.9. The van der Waals surface area contributed by atoms with Gasteiger partial charge in [-0.3, -0.25) is 14.5 Å². The lowest BCUT2D eigenvalue weighted by molar-refractivity contribution is -0.141. The topological polar surface area (TPSA) is 167 Å². The van der Waals surface area contributed by atoms with Gasteiger partial charge in [0.05, 0.1) is 33.9 Å². The van der Waals surface area contributed by atoms with Crippen LogP contribution < -0.4 is 10.1 Å². The summed E-state index contributed by atoms with van der Waals surface area (Å²) in [4.78, 5) is 39.3. The number of hydrogen-bond donors (Lipinski definition) is 3. The van der Waals surface area contributed by atoms with E-state index in [1.54, 1.807) is 40.9 Å². The fraction of sp³-hybridized carbons (Fsp3) is 0.409. The maximum Gasteiger partial charge on any atom is 0.254 e. The van der Waals surface area contributed by atoms with Gasteiger partial charge in [-0.1, -0.05) is 50.2 Å². The number of nitrogens with one attached hydrogen (secondary N) is 1. The molecule has 2 saturated heterocycles. The average Bonchev–Trinajstić information content (AvgIpc) is 4.05. The number of benzene rings is 2. The average molecular weight is 836 g/mol. The number of phenols is 1. The van der Waals surface area contributed by atoms with Crippen molar-refractivity contribution in [3.05, 3.63) is 94.1 Å². The number of thiazole rings is 1. The second-order valence-corrected chi connectivity index (χ2v) is 17.8. The molecule has 0 spiro atoms. The summed E-state index contributed by atoms with van der Waals surface area (Å²) in [7, 11) is 0. The predicted octanol–water partition coefficient (Wildman–Crippen LogP) is 7.32. The summed E-state index contributed by atoms with van der Waals surface area (Å²) in [5.74, 6) is -0.179. The van der Waals surface area contributed by atoms with Crippen LogP contribution in [0, 0.1) is 12.8 Å². The van der Waals surface area contributed by atoms with Crippen LogP contribution in [0.1, 0.15) is 79.8 Å². The van der Waals surface area contributed by atoms with Gasteiger partial charge < -0.3 is 29.7 Å². The normalized spacial score (nSPS) is 18.7. The summed E-state index contributed by atoms with van der Waals surface area (Å²) in [6, 6.07) is 20.0. The van der Waals surface area contributed by atoms with Gasteiger partial charge in [0.25, 0.3) is 5.88 Å². The molecule has 3 N–H and O–H groups in total. The largest absolute Gasteiger partial charge is 0.507 e. The van der Waals surface area contributed by atoms with Crippen molar-refractivity contribution in [1.29, 1.82) is 0 Å². The molecule has 59 heavy (non-hydrogen) atoms. The molecule has 4 atom stereocenters. The minimum absolute atomic E-state index is 0.0587. The van der Waals surface area contributed by atoms with E-state index in [9.17, 15) is 19.8 Å². The SMILES string of the molecule is Cc1ncsc1-c1ccc([C@H](C)NC(=O)[C@@H]2C[C@@H](O)CN2C(=O)C(c2cc(OCCN3CCC(c4cc5cc(-c6ccccc6O)nnc5s4)CC3)no2)C(C)C)cc1. The first-order chi connectivity index (χ1) is 28.5. The Morgan fingerprint density at radius 3 is 2.54 bits per heavy atom. The molecule has 8 rings (SSSR count). The molecule has 0 bridgehead atoms. The molecule has 1 unspecified atom stereocenters. The van der Waals surface area contributed by atoms with E-state index in [1.807, 2.05) is 75.7 Å². The van der Waals surface area contributed by atoms with E-state index in [1.165, 1.54) is 9.78 Å². The molecule has 308 valence electrons. The Labute approximate surface area is 351 Å². The summed E-state index contributed by atoms with van der Waals surface area (Å²) in [6.07, 6.45) is 1.37. The highest BCUT2D eigenvalue weighted by molar-refractivity contribution is 7.18. The van der Waals surface area contributed by atoms with Crippen molar-refractivity contribution in [1.82, 2.24) is 35.5 Å². The number of aromatic hydroxyl groups is 1. The number of hydrogen-bond acceptors (Lipinski definition) is 13. The van der Waals surface area contributed by atoms with Gasteiger partial charge in [0.2, 0.25) is 11.8 Å². The number of likely N-dealkylation sites (tertiary alicyclic amines) is 2. The minimum Gasteiger partial charge on any atom is -0.507 e. The number of amides is 2. The second kappa shape index (κ2) is 17.6. The molecule has 2 amide bonds. The van der Waals surface area contributed by atoms with Crippen LogP contribution in [-0.2, 0) is 9.59 Å². The number of fused-ring (bicyclic) bond motifs is 1. The van der Waals surface area contributed by atoms with Crippen LogP contribution >= 0.6 is 22.7 Å². The summed E-state index contributed by atoms with van der Waals surface area (Å²) < 4.78 is 11.7. The Balaban J connectivity index is 0.831. The Hall–Kier alpha value is -5.22. The maximum atomic E-state index is 14.2. The van der Waals surface area contributed by atoms with Crippen molar-refractivity contribution in [2.24, 2.45) is 5.92 Å². The zero-order chi connectivity index (χ0) is 41.2. The molecule has 2 aliphatic heterocycles. The number of rotatable bonds is 13. The van der Waals surface area contributed by atoms with Gasteiger partial charge in [-0.2, -0.15) is 0 Å². The first-order valence-corrected chi connectivity index (χ1v) is 21.9. The van der Waals surface area contributed by atoms with E-state index in [-0.39, 0.29) is 42.5 Å². The molecule has 2 aromatic carbocycles. The van der Waals surface area contributed by atoms with Gasteiger partial charge >= 0.3 is 0 Å². The van der Waals surface area contributed by atoms with E-state index >= 15 is 0 Å². The number of ether oxygens (including phenoxy) is 1. The molecular formula is C44H49N7O6S2. The van der Waals surface area contributed by atoms with E-state index in [0.717, 1.165) is 64.4 Å². The van der Waals surface area contributed by atoms with Gasteiger partial charge in [0, 0.05) is 41.4 Å². The molecule has 13 nitrogen and oxygen atoms in total. The van der Waals surface area contributed by atoms with Crippen LogP contribution in [-0.4, -0.2) is 97.1 Å². The molecule has 6 heterocycles. The number of aliphatic hydroxyl groups excluding tert-OH is 1. The van der Waals surface area contributed by atoms with Gasteiger partial charge in [0.15, 0.2) is 5.76 Å². The number of aromatic nitrogens is 4. The number of aryl methyl sites for hydroxylation is 1. The number of carbonyl (C=O) groups excluding carboxylic acids is 2. The lowest BCUT2D eigenvalue weighted by atomic mass is 9.91. The number of para-hydroxylation sites is 1. The lowest BCUT2D eigenvalue weighted by Crippen LogP contribution is -2.48. The Morgan fingerprint density at radius 1 is 1.03 bits per heavy atom. The molecule has 2 fully saturated rings. The molecule has 15 heteroatoms. The fourth-order valence-electron chi connectivity index (χ4n) is 8.22. The molecule has 4 aromatic heterocycles. The van der Waals surface area contributed by atoms with Gasteiger partial charge in [-0.05, 0) is 92.2 Å². The zero-order valence-corrected chi connectivity index (χ0v) is 35.2. The zero-order valence-electron chi connectivity index (χ0n) is 33.6. The van der Waals surface area contributed by atoms with Crippen LogP contribution in [0.3, 0.4) is 0 Å². The van der Waals surface area contributed by atoms with Crippen LogP contribution in [0.15, 0.2) is 76.8 Å². The van der Waals surface area contributed by atoms with Crippen molar-refractivity contribution in [2.75, 3.05) is 32.8 Å². The standard InChI is InChI=1S/C44H49N7O6S2/c1-25(2)40(44(55)51-23-32(52)21-35(51)42(54)46-26(3)28-9-11-30(12-10-28)41-27(4)45-24-58-41)37-22-39(49-57-37)56-18-17-50-15-13-29(14-16-50)38-20-31-19-34(47-48-43(31)59-38)33-7-5-6-8-36(33)53/h5-12,19-20,22,24-26,29,32,35,40,52-53H,13-18,21,23H2,1-4H3,(H,46,54)/t26-,32+,35-,40?/m0/s1. The number of aliphatic hydroxyl groups is 1. The molecule has 0 aliphatic carbocycles. The monoisotopic (exact) mass is 835 g/mol. The van der Waals surface area contributed by atoms with Gasteiger partial charge in [-0.25, -0.2) is 4.98 Å². The van der Waals surface area contributed by atoms with E-state index in [0.29, 0.717) is 35.4 Å². The highest BCUT2D eigenvalue weighted by Gasteiger charge is 2.43. The number of nitrogens with zero attached hydrogens (tertiary/aromatic N) is 6. The number of piperidine rings is 1. The fourth-order valence-corrected chi connectivity index (χ4v) is 10.2. The van der Waals surface area contributed by atoms with Crippen molar-refractivity contribution in [3.8, 4) is 33.3 Å². The molecule has 2 aliphatic rings. The summed E-state index contributed by atoms with van der Waals surface area (Å²) in [5.41, 5.74) is 6.15. The third-order valence-electron chi connectivity index (χ3n) is 11.5. The molecule has 0 radical (unpaired) electrons. The number of phenolic OH excluding ortho intramolecular Hbond substituents is 1. The molecule has 0 saturated carbocycles. The lowest BCUT2D eigenvalue weighted by Gasteiger charge is -2.31. The van der Waals surface area contributed by atoms with E-state index in [4.69, 9.17) is 9.26 Å². The van der Waals surface area contributed by atoms with Crippen LogP contribution in [0.2, 0.25) is 0 Å². The first-order valence-electron chi connectivity index (χ1n) is 20.2. The third kappa shape index (κ3) is 8.88. The minimum atomic E-state index is -0.821. The van der Waals surface area contributed by atoms with Crippen molar-refractivity contribution >= 4 is 44.7 Å². The highest BCUT2D eigenvalue weighted by atomic mass is 32.1. The van der Waals surface area contributed by atoms with E-state index in [2.05, 4.69) is 36.6 Å². The quantitative estimate of drug-likeness (QED) is 0.107. The Kier molecular flexibility index (Phi) is 12.1. The van der Waals surface area contributed by atoms with E-state index < -0.39 is 18.1 Å². The number of carbonyl (C=O) groups is 2. The van der Waals surface area contributed by atoms with Crippen LogP contribution in [0.25, 0.3) is 31.9 Å². The summed E-state index contributed by atoms with van der Waals surface area (Å²) >= 11 is 3.28. The van der Waals surface area contributed by atoms with Crippen molar-refractivity contribution < 1.29 is 29.1 Å². The third-order valence-corrected chi connectivity index (χ3v) is 13.7. The Bertz CT molecular complexity index is 2400. The van der Waals surface area contributed by atoms with Crippen molar-refractivity contribution in [3.63, 3.8) is 0 Å². The highest BCUT2D eigenvalue weighted by Crippen LogP contribution is 2.38. The summed E-state index contributed by atoms with van der Waals surface area (Å²) in [5, 5.41) is 38.0. The molecular weight excluding hydrogens is 787 g/mol. The van der Waals surface area contributed by atoms with Crippen molar-refractivity contribution in [2.45, 2.75) is 77.0 Å². The Morgan fingerprint density at radius 2 is 1.81 bits per heavy atom. The first kappa shape index (κ1) is 40.6. The summed E-state index contributed by atoms with van der Waals surface area (Å²) in [6.45, 7) is 10.8. The van der Waals surface area contributed by atoms with Gasteiger partial charge in [-0.15, -0.1) is 32.9 Å². The smallest absolute Gasteiger partial charge is 0.254 e. The van der Waals surface area contributed by atoms with Gasteiger partial charge in [0.1, 0.15) is 29.1 Å².